The molecule has 98 valence electrons. The highest BCUT2D eigenvalue weighted by atomic mass is 32.1. The first-order valence-corrected chi connectivity index (χ1v) is 7.49. The zero-order chi connectivity index (χ0) is 13.5. The van der Waals surface area contributed by atoms with E-state index in [1.54, 1.807) is 35.8 Å². The fourth-order valence-electron chi connectivity index (χ4n) is 1.86. The van der Waals surface area contributed by atoms with Gasteiger partial charge < -0.3 is 4.42 Å². The van der Waals surface area contributed by atoms with Crippen LogP contribution >= 0.6 is 22.7 Å². The minimum absolute atomic E-state index is 0.188. The standard InChI is InChI=1S/C13H7N3O2S2/c17-11-7-10(9-4-2-6-19-9)20-13-14-12(15-16(11)13)8-3-1-5-18-8/h1-7H. The van der Waals surface area contributed by atoms with Gasteiger partial charge in [0.25, 0.3) is 5.56 Å². The van der Waals surface area contributed by atoms with Gasteiger partial charge in [0.15, 0.2) is 5.76 Å². The van der Waals surface area contributed by atoms with Gasteiger partial charge in [-0.2, -0.15) is 9.50 Å². The number of rotatable bonds is 2. The lowest BCUT2D eigenvalue weighted by molar-refractivity contribution is 0.577. The molecule has 0 saturated heterocycles. The number of fused-ring (bicyclic) bond motifs is 1. The molecule has 20 heavy (non-hydrogen) atoms. The smallest absolute Gasteiger partial charge is 0.275 e. The van der Waals surface area contributed by atoms with Gasteiger partial charge in [-0.25, -0.2) is 0 Å². The molecule has 0 saturated carbocycles. The molecule has 0 aromatic carbocycles. The van der Waals surface area contributed by atoms with Crippen LogP contribution in [0.5, 0.6) is 0 Å². The summed E-state index contributed by atoms with van der Waals surface area (Å²) in [6, 6.07) is 9.06. The molecule has 0 aliphatic heterocycles. The van der Waals surface area contributed by atoms with Gasteiger partial charge in [-0.15, -0.1) is 16.4 Å². The largest absolute Gasteiger partial charge is 0.461 e. The second kappa shape index (κ2) is 4.39. The first-order valence-electron chi connectivity index (χ1n) is 5.80. The van der Waals surface area contributed by atoms with Gasteiger partial charge in [-0.3, -0.25) is 4.79 Å². The maximum absolute atomic E-state index is 12.1. The molecular formula is C13H7N3O2S2. The SMILES string of the molecule is O=c1cc(-c2cccs2)sc2nc(-c3ccco3)nn12. The zero-order valence-corrected chi connectivity index (χ0v) is 11.6. The Morgan fingerprint density at radius 3 is 2.90 bits per heavy atom. The van der Waals surface area contributed by atoms with Crippen molar-refractivity contribution in [1.29, 1.82) is 0 Å². The van der Waals surface area contributed by atoms with Crippen molar-refractivity contribution in [2.24, 2.45) is 0 Å². The van der Waals surface area contributed by atoms with Crippen molar-refractivity contribution in [3.05, 3.63) is 52.3 Å². The molecule has 5 nitrogen and oxygen atoms in total. The van der Waals surface area contributed by atoms with E-state index >= 15 is 0 Å². The van der Waals surface area contributed by atoms with Crippen LogP contribution in [0.2, 0.25) is 0 Å². The van der Waals surface area contributed by atoms with Gasteiger partial charge in [-0.05, 0) is 23.6 Å². The van der Waals surface area contributed by atoms with Crippen molar-refractivity contribution in [3.63, 3.8) is 0 Å². The molecule has 0 unspecified atom stereocenters. The van der Waals surface area contributed by atoms with Crippen LogP contribution in [-0.2, 0) is 0 Å². The van der Waals surface area contributed by atoms with E-state index in [2.05, 4.69) is 10.1 Å². The summed E-state index contributed by atoms with van der Waals surface area (Å²) in [6.07, 6.45) is 1.56. The predicted octanol–water partition coefficient (Wildman–Crippen LogP) is 3.14. The third kappa shape index (κ3) is 1.79. The van der Waals surface area contributed by atoms with E-state index in [4.69, 9.17) is 4.42 Å². The lowest BCUT2D eigenvalue weighted by Crippen LogP contribution is -2.11. The molecule has 7 heteroatoms. The second-order valence-corrected chi connectivity index (χ2v) is 5.99. The van der Waals surface area contributed by atoms with Crippen LogP contribution in [0.25, 0.3) is 26.3 Å². The maximum Gasteiger partial charge on any atom is 0.275 e. The van der Waals surface area contributed by atoms with Crippen molar-refractivity contribution >= 4 is 27.6 Å². The van der Waals surface area contributed by atoms with Crippen molar-refractivity contribution in [3.8, 4) is 21.3 Å². The summed E-state index contributed by atoms with van der Waals surface area (Å²) in [7, 11) is 0. The van der Waals surface area contributed by atoms with Gasteiger partial charge in [-0.1, -0.05) is 17.4 Å². The highest BCUT2D eigenvalue weighted by Gasteiger charge is 2.13. The first kappa shape index (κ1) is 11.6. The number of aromatic nitrogens is 3. The van der Waals surface area contributed by atoms with Gasteiger partial charge in [0.1, 0.15) is 0 Å². The van der Waals surface area contributed by atoms with Crippen LogP contribution in [0, 0.1) is 0 Å². The molecular weight excluding hydrogens is 294 g/mol. The molecule has 0 aliphatic rings. The van der Waals surface area contributed by atoms with E-state index in [0.29, 0.717) is 16.5 Å². The molecule has 0 aliphatic carbocycles. The summed E-state index contributed by atoms with van der Waals surface area (Å²) in [5, 5.41) is 6.17. The third-order valence-electron chi connectivity index (χ3n) is 2.75. The van der Waals surface area contributed by atoms with E-state index in [1.165, 1.54) is 15.9 Å². The summed E-state index contributed by atoms with van der Waals surface area (Å²) in [6.45, 7) is 0. The Hall–Kier alpha value is -2.25. The van der Waals surface area contributed by atoms with Crippen LogP contribution in [0.1, 0.15) is 0 Å². The molecule has 0 atom stereocenters. The molecule has 0 radical (unpaired) electrons. The number of hydrogen-bond donors (Lipinski definition) is 0. The Balaban J connectivity index is 1.94. The molecule has 4 aromatic rings. The Morgan fingerprint density at radius 2 is 2.15 bits per heavy atom. The normalized spacial score (nSPS) is 11.2. The molecule has 4 aromatic heterocycles. The van der Waals surface area contributed by atoms with Crippen LogP contribution in [0.15, 0.2) is 51.2 Å². The van der Waals surface area contributed by atoms with Crippen LogP contribution in [0.3, 0.4) is 0 Å². The topological polar surface area (TPSA) is 60.4 Å². The van der Waals surface area contributed by atoms with Crippen LogP contribution in [0.4, 0.5) is 0 Å². The molecule has 4 rings (SSSR count). The molecule has 0 amide bonds. The number of thiophene rings is 1. The van der Waals surface area contributed by atoms with E-state index in [9.17, 15) is 4.79 Å². The Bertz CT molecular complexity index is 921. The van der Waals surface area contributed by atoms with Gasteiger partial charge in [0, 0.05) is 10.9 Å². The Labute approximate surface area is 120 Å². The molecule has 0 fully saturated rings. The van der Waals surface area contributed by atoms with Gasteiger partial charge in [0.2, 0.25) is 10.8 Å². The van der Waals surface area contributed by atoms with Crippen molar-refractivity contribution < 1.29 is 4.42 Å². The van der Waals surface area contributed by atoms with Crippen LogP contribution < -0.4 is 5.56 Å². The van der Waals surface area contributed by atoms with E-state index in [1.807, 2.05) is 17.5 Å². The minimum Gasteiger partial charge on any atom is -0.461 e. The summed E-state index contributed by atoms with van der Waals surface area (Å²) in [5.74, 6) is 0.977. The first-order chi connectivity index (χ1) is 9.81. The second-order valence-electron chi connectivity index (χ2n) is 4.03. The number of furan rings is 1. The zero-order valence-electron chi connectivity index (χ0n) is 10.0. The van der Waals surface area contributed by atoms with Crippen molar-refractivity contribution in [2.45, 2.75) is 0 Å². The highest BCUT2D eigenvalue weighted by Crippen LogP contribution is 2.29. The van der Waals surface area contributed by atoms with E-state index in [-0.39, 0.29) is 5.56 Å². The molecule has 0 N–H and O–H groups in total. The van der Waals surface area contributed by atoms with E-state index < -0.39 is 0 Å². The number of nitrogens with zero attached hydrogens (tertiary/aromatic N) is 3. The van der Waals surface area contributed by atoms with Gasteiger partial charge >= 0.3 is 0 Å². The van der Waals surface area contributed by atoms with Crippen LogP contribution in [-0.4, -0.2) is 14.6 Å². The third-order valence-corrected chi connectivity index (χ3v) is 4.78. The predicted molar refractivity (Wildman–Crippen MR) is 78.1 cm³/mol. The quantitative estimate of drug-likeness (QED) is 0.570. The number of hydrogen-bond acceptors (Lipinski definition) is 6. The monoisotopic (exact) mass is 301 g/mol. The maximum atomic E-state index is 12.1. The fraction of sp³-hybridized carbons (Fsp3) is 0. The lowest BCUT2D eigenvalue weighted by Gasteiger charge is -1.95. The fourth-order valence-corrected chi connectivity index (χ4v) is 3.64. The lowest BCUT2D eigenvalue weighted by atomic mass is 10.4. The highest BCUT2D eigenvalue weighted by molar-refractivity contribution is 7.23. The summed E-state index contributed by atoms with van der Waals surface area (Å²) >= 11 is 3.03. The molecule has 4 heterocycles. The summed E-state index contributed by atoms with van der Waals surface area (Å²) in [5.41, 5.74) is -0.188. The Kier molecular flexibility index (Phi) is 2.54. The minimum atomic E-state index is -0.188. The van der Waals surface area contributed by atoms with Gasteiger partial charge in [0.05, 0.1) is 11.1 Å². The van der Waals surface area contributed by atoms with Crippen molar-refractivity contribution in [2.75, 3.05) is 0 Å². The van der Waals surface area contributed by atoms with Crippen molar-refractivity contribution in [1.82, 2.24) is 14.6 Å². The van der Waals surface area contributed by atoms with E-state index in [0.717, 1.165) is 9.75 Å². The molecule has 0 bridgehead atoms. The average Bonchev–Trinajstić information content (AvgIpc) is 3.19. The molecule has 0 spiro atoms. The summed E-state index contributed by atoms with van der Waals surface area (Å²) in [4.78, 5) is 19.0. The Morgan fingerprint density at radius 1 is 1.20 bits per heavy atom. The summed E-state index contributed by atoms with van der Waals surface area (Å²) < 4.78 is 6.56. The average molecular weight is 301 g/mol.